The predicted molar refractivity (Wildman–Crippen MR) is 95.9 cm³/mol. The maximum absolute atomic E-state index is 12.9. The number of anilines is 1. The molecule has 0 aromatic heterocycles. The quantitative estimate of drug-likeness (QED) is 0.734. The van der Waals surface area contributed by atoms with E-state index >= 15 is 0 Å². The first-order valence-corrected chi connectivity index (χ1v) is 8.48. The van der Waals surface area contributed by atoms with E-state index in [1.165, 1.54) is 12.1 Å². The van der Waals surface area contributed by atoms with Gasteiger partial charge < -0.3 is 10.6 Å². The molecule has 138 valence electrons. The van der Waals surface area contributed by atoms with Gasteiger partial charge in [0, 0.05) is 23.1 Å². The number of alkyl halides is 3. The van der Waals surface area contributed by atoms with Crippen molar-refractivity contribution in [1.29, 1.82) is 0 Å². The minimum absolute atomic E-state index is 0.0636. The Kier molecular flexibility index (Phi) is 6.42. The molecule has 0 aliphatic carbocycles. The van der Waals surface area contributed by atoms with Crippen LogP contribution in [-0.2, 0) is 11.0 Å². The first-order valence-electron chi connectivity index (χ1n) is 7.69. The normalized spacial score (nSPS) is 11.1. The lowest BCUT2D eigenvalue weighted by atomic mass is 10.1. The highest BCUT2D eigenvalue weighted by Gasteiger charge is 2.34. The van der Waals surface area contributed by atoms with Crippen molar-refractivity contribution < 1.29 is 22.8 Å². The van der Waals surface area contributed by atoms with Crippen molar-refractivity contribution in [2.75, 3.05) is 11.9 Å². The molecule has 2 rings (SSSR count). The number of aryl methyl sites for hydroxylation is 1. The fraction of sp³-hybridized carbons (Fsp3) is 0.222. The zero-order valence-electron chi connectivity index (χ0n) is 13.8. The molecule has 2 aromatic carbocycles. The third kappa shape index (κ3) is 5.32. The first-order chi connectivity index (χ1) is 12.2. The molecule has 26 heavy (non-hydrogen) atoms. The highest BCUT2D eigenvalue weighted by molar-refractivity contribution is 9.10. The van der Waals surface area contributed by atoms with E-state index in [0.717, 1.165) is 22.2 Å². The molecule has 0 spiro atoms. The number of hydrogen-bond donors (Lipinski definition) is 2. The van der Waals surface area contributed by atoms with Crippen LogP contribution in [0.4, 0.5) is 18.9 Å². The van der Waals surface area contributed by atoms with E-state index < -0.39 is 23.2 Å². The summed E-state index contributed by atoms with van der Waals surface area (Å²) in [6.45, 7) is 1.75. The van der Waals surface area contributed by atoms with Crippen molar-refractivity contribution in [1.82, 2.24) is 5.32 Å². The van der Waals surface area contributed by atoms with Crippen LogP contribution in [0.3, 0.4) is 0 Å². The summed E-state index contributed by atoms with van der Waals surface area (Å²) in [5.41, 5.74) is 0.0118. The van der Waals surface area contributed by atoms with Crippen molar-refractivity contribution in [2.45, 2.75) is 19.5 Å². The minimum Gasteiger partial charge on any atom is -0.352 e. The Labute approximate surface area is 156 Å². The van der Waals surface area contributed by atoms with Crippen LogP contribution in [0.15, 0.2) is 46.9 Å². The number of amides is 2. The van der Waals surface area contributed by atoms with Crippen LogP contribution in [0.5, 0.6) is 0 Å². The van der Waals surface area contributed by atoms with Crippen molar-refractivity contribution in [3.8, 4) is 0 Å². The fourth-order valence-electron chi connectivity index (χ4n) is 2.25. The molecular formula is C18H16BrF3N2O2. The Hall–Kier alpha value is -2.35. The summed E-state index contributed by atoms with van der Waals surface area (Å²) in [4.78, 5) is 24.0. The van der Waals surface area contributed by atoms with Crippen LogP contribution in [0.25, 0.3) is 0 Å². The zero-order valence-corrected chi connectivity index (χ0v) is 15.4. The summed E-state index contributed by atoms with van der Waals surface area (Å²) in [5.74, 6) is -1.22. The fourth-order valence-corrected chi connectivity index (χ4v) is 2.62. The Morgan fingerprint density at radius 3 is 2.50 bits per heavy atom. The number of carbonyl (C=O) groups is 2. The minimum atomic E-state index is -4.62. The summed E-state index contributed by atoms with van der Waals surface area (Å²) in [6, 6.07) is 9.92. The van der Waals surface area contributed by atoms with Gasteiger partial charge >= 0.3 is 6.18 Å². The molecule has 0 saturated heterocycles. The van der Waals surface area contributed by atoms with Gasteiger partial charge in [0.1, 0.15) is 0 Å². The lowest BCUT2D eigenvalue weighted by Crippen LogP contribution is -2.29. The molecule has 0 heterocycles. The summed E-state index contributed by atoms with van der Waals surface area (Å²) in [7, 11) is 0. The molecule has 0 fully saturated rings. The lowest BCUT2D eigenvalue weighted by Gasteiger charge is -2.13. The van der Waals surface area contributed by atoms with Gasteiger partial charge in [-0.1, -0.05) is 34.1 Å². The molecule has 4 nitrogen and oxygen atoms in total. The van der Waals surface area contributed by atoms with Gasteiger partial charge in [-0.25, -0.2) is 0 Å². The van der Waals surface area contributed by atoms with Crippen molar-refractivity contribution in [3.63, 3.8) is 0 Å². The van der Waals surface area contributed by atoms with Crippen LogP contribution in [0.2, 0.25) is 0 Å². The maximum Gasteiger partial charge on any atom is 0.417 e. The van der Waals surface area contributed by atoms with Gasteiger partial charge in [0.2, 0.25) is 5.91 Å². The van der Waals surface area contributed by atoms with E-state index in [0.29, 0.717) is 5.69 Å². The van der Waals surface area contributed by atoms with E-state index in [-0.39, 0.29) is 18.9 Å². The van der Waals surface area contributed by atoms with E-state index in [1.54, 1.807) is 6.07 Å². The average Bonchev–Trinajstić information content (AvgIpc) is 2.57. The average molecular weight is 429 g/mol. The zero-order chi connectivity index (χ0) is 19.3. The standard InChI is InChI=1S/C18H16BrF3N2O2/c1-11-6-7-12(19)10-15(11)24-16(25)8-9-23-17(26)13-4-2-3-5-14(13)18(20,21)22/h2-7,10H,8-9H2,1H3,(H,23,26)(H,24,25). The smallest absolute Gasteiger partial charge is 0.352 e. The van der Waals surface area contributed by atoms with E-state index in [4.69, 9.17) is 0 Å². The van der Waals surface area contributed by atoms with Gasteiger partial charge in [-0.05, 0) is 36.8 Å². The second-order valence-corrected chi connectivity index (χ2v) is 6.47. The van der Waals surface area contributed by atoms with Crippen molar-refractivity contribution in [2.24, 2.45) is 0 Å². The van der Waals surface area contributed by atoms with Crippen LogP contribution < -0.4 is 10.6 Å². The number of carbonyl (C=O) groups excluding carboxylic acids is 2. The van der Waals surface area contributed by atoms with Gasteiger partial charge in [-0.2, -0.15) is 13.2 Å². The number of rotatable bonds is 5. The summed E-state index contributed by atoms with van der Waals surface area (Å²) in [5, 5.41) is 5.05. The summed E-state index contributed by atoms with van der Waals surface area (Å²) in [6.07, 6.45) is -4.69. The number of halogens is 4. The topological polar surface area (TPSA) is 58.2 Å². The van der Waals surface area contributed by atoms with Crippen LogP contribution in [0.1, 0.15) is 27.9 Å². The number of hydrogen-bond acceptors (Lipinski definition) is 2. The Bertz CT molecular complexity index is 822. The van der Waals surface area contributed by atoms with Gasteiger partial charge in [-0.15, -0.1) is 0 Å². The molecule has 2 amide bonds. The first kappa shape index (κ1) is 20.0. The largest absolute Gasteiger partial charge is 0.417 e. The maximum atomic E-state index is 12.9. The highest BCUT2D eigenvalue weighted by atomic mass is 79.9. The number of nitrogens with one attached hydrogen (secondary N) is 2. The SMILES string of the molecule is Cc1ccc(Br)cc1NC(=O)CCNC(=O)c1ccccc1C(F)(F)F. The van der Waals surface area contributed by atoms with Crippen LogP contribution >= 0.6 is 15.9 Å². The summed E-state index contributed by atoms with van der Waals surface area (Å²) < 4.78 is 39.6. The molecule has 0 radical (unpaired) electrons. The predicted octanol–water partition coefficient (Wildman–Crippen LogP) is 4.53. The van der Waals surface area contributed by atoms with Crippen molar-refractivity contribution >= 4 is 33.4 Å². The third-order valence-electron chi connectivity index (χ3n) is 3.59. The van der Waals surface area contributed by atoms with E-state index in [2.05, 4.69) is 26.6 Å². The second kappa shape index (κ2) is 8.35. The van der Waals surface area contributed by atoms with Gasteiger partial charge in [0.25, 0.3) is 5.91 Å². The molecule has 2 aromatic rings. The summed E-state index contributed by atoms with van der Waals surface area (Å²) >= 11 is 3.31. The lowest BCUT2D eigenvalue weighted by molar-refractivity contribution is -0.138. The molecule has 8 heteroatoms. The van der Waals surface area contributed by atoms with Crippen LogP contribution in [0, 0.1) is 6.92 Å². The third-order valence-corrected chi connectivity index (χ3v) is 4.08. The van der Waals surface area contributed by atoms with Gasteiger partial charge in [0.05, 0.1) is 11.1 Å². The van der Waals surface area contributed by atoms with E-state index in [9.17, 15) is 22.8 Å². The molecule has 0 atom stereocenters. The van der Waals surface area contributed by atoms with E-state index in [1.807, 2.05) is 19.1 Å². The Balaban J connectivity index is 1.93. The molecule has 2 N–H and O–H groups in total. The van der Waals surface area contributed by atoms with Crippen LogP contribution in [-0.4, -0.2) is 18.4 Å². The highest BCUT2D eigenvalue weighted by Crippen LogP contribution is 2.31. The van der Waals surface area contributed by atoms with Gasteiger partial charge in [-0.3, -0.25) is 9.59 Å². The molecule has 0 saturated carbocycles. The van der Waals surface area contributed by atoms with Gasteiger partial charge in [0.15, 0.2) is 0 Å². The monoisotopic (exact) mass is 428 g/mol. The molecule has 0 aliphatic heterocycles. The molecule has 0 bridgehead atoms. The number of benzene rings is 2. The molecular weight excluding hydrogens is 413 g/mol. The molecule has 0 aliphatic rings. The van der Waals surface area contributed by atoms with Crippen molar-refractivity contribution in [3.05, 3.63) is 63.6 Å². The second-order valence-electron chi connectivity index (χ2n) is 5.56. The Morgan fingerprint density at radius 2 is 1.81 bits per heavy atom. The Morgan fingerprint density at radius 1 is 1.12 bits per heavy atom. The molecule has 0 unspecified atom stereocenters.